The van der Waals surface area contributed by atoms with Gasteiger partial charge in [-0.25, -0.2) is 4.98 Å². The number of halogens is 1. The minimum Gasteiger partial charge on any atom is -0.426 e. The SMILES string of the molecule is CC(=O)Oc1ccccc1C(=O)c1ccc(Cl)nc1. The van der Waals surface area contributed by atoms with Crippen LogP contribution in [0.5, 0.6) is 5.75 Å². The summed E-state index contributed by atoms with van der Waals surface area (Å²) in [5.41, 5.74) is 0.686. The van der Waals surface area contributed by atoms with Crippen molar-refractivity contribution in [2.45, 2.75) is 6.92 Å². The minimum atomic E-state index is -0.477. The Labute approximate surface area is 115 Å². The molecule has 1 aromatic carbocycles. The lowest BCUT2D eigenvalue weighted by atomic mass is 10.0. The summed E-state index contributed by atoms with van der Waals surface area (Å²) in [7, 11) is 0. The number of para-hydroxylation sites is 1. The summed E-state index contributed by atoms with van der Waals surface area (Å²) in [6.45, 7) is 1.28. The highest BCUT2D eigenvalue weighted by Gasteiger charge is 2.15. The molecule has 0 radical (unpaired) electrons. The molecule has 0 aliphatic rings. The van der Waals surface area contributed by atoms with Gasteiger partial charge >= 0.3 is 5.97 Å². The van der Waals surface area contributed by atoms with E-state index in [-0.39, 0.29) is 11.5 Å². The molecule has 2 aromatic rings. The topological polar surface area (TPSA) is 56.3 Å². The van der Waals surface area contributed by atoms with Crippen LogP contribution in [0.25, 0.3) is 0 Å². The van der Waals surface area contributed by atoms with Crippen LogP contribution < -0.4 is 4.74 Å². The van der Waals surface area contributed by atoms with Gasteiger partial charge in [0.15, 0.2) is 5.78 Å². The molecular weight excluding hydrogens is 266 g/mol. The van der Waals surface area contributed by atoms with Crippen molar-refractivity contribution < 1.29 is 14.3 Å². The van der Waals surface area contributed by atoms with Crippen molar-refractivity contribution in [1.82, 2.24) is 4.98 Å². The van der Waals surface area contributed by atoms with Crippen LogP contribution in [-0.2, 0) is 4.79 Å². The van der Waals surface area contributed by atoms with Gasteiger partial charge in [0, 0.05) is 18.7 Å². The Morgan fingerprint density at radius 2 is 1.89 bits per heavy atom. The van der Waals surface area contributed by atoms with Crippen LogP contribution >= 0.6 is 11.6 Å². The number of benzene rings is 1. The Morgan fingerprint density at radius 1 is 1.16 bits per heavy atom. The number of ether oxygens (including phenoxy) is 1. The first kappa shape index (κ1) is 13.2. The van der Waals surface area contributed by atoms with Gasteiger partial charge in [-0.05, 0) is 24.3 Å². The molecule has 19 heavy (non-hydrogen) atoms. The first-order chi connectivity index (χ1) is 9.08. The summed E-state index contributed by atoms with van der Waals surface area (Å²) < 4.78 is 5.01. The smallest absolute Gasteiger partial charge is 0.308 e. The lowest BCUT2D eigenvalue weighted by Gasteiger charge is -2.07. The van der Waals surface area contributed by atoms with Gasteiger partial charge < -0.3 is 4.74 Å². The van der Waals surface area contributed by atoms with E-state index in [1.54, 1.807) is 30.3 Å². The summed E-state index contributed by atoms with van der Waals surface area (Å²) in [6, 6.07) is 9.65. The van der Waals surface area contributed by atoms with Crippen LogP contribution in [0.1, 0.15) is 22.8 Å². The lowest BCUT2D eigenvalue weighted by molar-refractivity contribution is -0.131. The van der Waals surface area contributed by atoms with E-state index in [1.165, 1.54) is 19.2 Å². The third kappa shape index (κ3) is 3.17. The Morgan fingerprint density at radius 3 is 2.53 bits per heavy atom. The molecule has 4 nitrogen and oxygen atoms in total. The number of carbonyl (C=O) groups is 2. The van der Waals surface area contributed by atoms with Crippen LogP contribution in [0.4, 0.5) is 0 Å². The van der Waals surface area contributed by atoms with Gasteiger partial charge in [0.1, 0.15) is 10.9 Å². The van der Waals surface area contributed by atoms with Crippen LogP contribution in [-0.4, -0.2) is 16.7 Å². The Bertz CT molecular complexity index is 623. The van der Waals surface area contributed by atoms with Crippen molar-refractivity contribution in [3.63, 3.8) is 0 Å². The van der Waals surface area contributed by atoms with Crippen molar-refractivity contribution in [3.8, 4) is 5.75 Å². The van der Waals surface area contributed by atoms with Crippen LogP contribution in [0.3, 0.4) is 0 Å². The van der Waals surface area contributed by atoms with Crippen LogP contribution in [0.2, 0.25) is 5.15 Å². The number of hydrogen-bond acceptors (Lipinski definition) is 4. The molecule has 96 valence electrons. The molecule has 2 rings (SSSR count). The van der Waals surface area contributed by atoms with E-state index >= 15 is 0 Å². The Kier molecular flexibility index (Phi) is 3.92. The fourth-order valence-corrected chi connectivity index (χ4v) is 1.68. The average Bonchev–Trinajstić information content (AvgIpc) is 2.39. The molecule has 0 aliphatic carbocycles. The molecule has 0 fully saturated rings. The van der Waals surface area contributed by atoms with Gasteiger partial charge in [-0.15, -0.1) is 0 Å². The highest BCUT2D eigenvalue weighted by atomic mass is 35.5. The molecule has 0 aliphatic heterocycles. The van der Waals surface area contributed by atoms with Gasteiger partial charge in [-0.1, -0.05) is 23.7 Å². The monoisotopic (exact) mass is 275 g/mol. The molecule has 0 saturated heterocycles. The molecule has 0 amide bonds. The largest absolute Gasteiger partial charge is 0.426 e. The van der Waals surface area contributed by atoms with Crippen molar-refractivity contribution in [3.05, 3.63) is 58.9 Å². The zero-order valence-corrected chi connectivity index (χ0v) is 10.8. The zero-order valence-electron chi connectivity index (χ0n) is 10.1. The van der Waals surface area contributed by atoms with E-state index in [0.717, 1.165) is 0 Å². The normalized spacial score (nSPS) is 10.0. The fourth-order valence-electron chi connectivity index (χ4n) is 1.56. The molecule has 0 N–H and O–H groups in total. The molecule has 0 atom stereocenters. The predicted molar refractivity (Wildman–Crippen MR) is 70.4 cm³/mol. The molecule has 0 saturated carbocycles. The predicted octanol–water partition coefficient (Wildman–Crippen LogP) is 2.89. The number of pyridine rings is 1. The molecule has 5 heteroatoms. The van der Waals surface area contributed by atoms with Gasteiger partial charge in [-0.3, -0.25) is 9.59 Å². The first-order valence-corrected chi connectivity index (χ1v) is 5.89. The molecule has 0 spiro atoms. The van der Waals surface area contributed by atoms with E-state index in [4.69, 9.17) is 16.3 Å². The Hall–Kier alpha value is -2.20. The van der Waals surface area contributed by atoms with E-state index in [1.807, 2.05) is 0 Å². The standard InChI is InChI=1S/C14H10ClNO3/c1-9(17)19-12-5-3-2-4-11(12)14(18)10-6-7-13(15)16-8-10/h2-8H,1H3. The fraction of sp³-hybridized carbons (Fsp3) is 0.0714. The maximum absolute atomic E-state index is 12.3. The minimum absolute atomic E-state index is 0.231. The molecule has 1 heterocycles. The molecular formula is C14H10ClNO3. The number of nitrogens with zero attached hydrogens (tertiary/aromatic N) is 1. The summed E-state index contributed by atoms with van der Waals surface area (Å²) in [5, 5.41) is 0.310. The summed E-state index contributed by atoms with van der Waals surface area (Å²) in [5.74, 6) is -0.523. The third-order valence-electron chi connectivity index (χ3n) is 2.37. The highest BCUT2D eigenvalue weighted by Crippen LogP contribution is 2.21. The molecule has 0 bridgehead atoms. The van der Waals surface area contributed by atoms with E-state index in [9.17, 15) is 9.59 Å². The number of ketones is 1. The van der Waals surface area contributed by atoms with Gasteiger partial charge in [0.05, 0.1) is 5.56 Å². The van der Waals surface area contributed by atoms with Gasteiger partial charge in [-0.2, -0.15) is 0 Å². The van der Waals surface area contributed by atoms with Crippen LogP contribution in [0, 0.1) is 0 Å². The third-order valence-corrected chi connectivity index (χ3v) is 2.60. The van der Waals surface area contributed by atoms with Crippen molar-refractivity contribution in [1.29, 1.82) is 0 Å². The lowest BCUT2D eigenvalue weighted by Crippen LogP contribution is -2.08. The molecule has 1 aromatic heterocycles. The van der Waals surface area contributed by atoms with E-state index < -0.39 is 5.97 Å². The highest BCUT2D eigenvalue weighted by molar-refractivity contribution is 6.29. The molecule has 0 unspecified atom stereocenters. The van der Waals surface area contributed by atoms with Gasteiger partial charge in [0.2, 0.25) is 0 Å². The Balaban J connectivity index is 2.38. The first-order valence-electron chi connectivity index (χ1n) is 5.51. The maximum Gasteiger partial charge on any atom is 0.308 e. The number of aromatic nitrogens is 1. The number of esters is 1. The van der Waals surface area contributed by atoms with Crippen molar-refractivity contribution in [2.24, 2.45) is 0 Å². The number of hydrogen-bond donors (Lipinski definition) is 0. The van der Waals surface area contributed by atoms with E-state index in [2.05, 4.69) is 4.98 Å². The summed E-state index contributed by atoms with van der Waals surface area (Å²) >= 11 is 5.67. The van der Waals surface area contributed by atoms with Crippen molar-refractivity contribution in [2.75, 3.05) is 0 Å². The summed E-state index contributed by atoms with van der Waals surface area (Å²) in [4.78, 5) is 27.1. The summed E-state index contributed by atoms with van der Waals surface area (Å²) in [6.07, 6.45) is 1.38. The zero-order chi connectivity index (χ0) is 13.8. The van der Waals surface area contributed by atoms with E-state index in [0.29, 0.717) is 16.3 Å². The second kappa shape index (κ2) is 5.63. The second-order valence-electron chi connectivity index (χ2n) is 3.79. The second-order valence-corrected chi connectivity index (χ2v) is 4.18. The average molecular weight is 276 g/mol. The number of carbonyl (C=O) groups excluding carboxylic acids is 2. The quantitative estimate of drug-likeness (QED) is 0.374. The van der Waals surface area contributed by atoms with Crippen LogP contribution in [0.15, 0.2) is 42.6 Å². The maximum atomic E-state index is 12.3. The van der Waals surface area contributed by atoms with Crippen molar-refractivity contribution >= 4 is 23.4 Å². The van der Waals surface area contributed by atoms with Gasteiger partial charge in [0.25, 0.3) is 0 Å². The number of rotatable bonds is 3.